The van der Waals surface area contributed by atoms with Crippen molar-refractivity contribution in [2.24, 2.45) is 0 Å². The molecule has 1 unspecified atom stereocenters. The van der Waals surface area contributed by atoms with Gasteiger partial charge >= 0.3 is 6.03 Å². The van der Waals surface area contributed by atoms with Crippen molar-refractivity contribution in [2.75, 3.05) is 0 Å². The minimum absolute atomic E-state index is 0.226. The van der Waals surface area contributed by atoms with Gasteiger partial charge in [-0.15, -0.1) is 0 Å². The molecule has 33 heavy (non-hydrogen) atoms. The standard InChI is InChI=1S/C26H20N2O4S/c29-25-22(27-26(30)28-25)24-21(15-16-31-24)33-20-13-11-19(12-14-20)32-23(17-7-3-1-4-8-17)18-9-5-2-6-10-18/h1-16,22-23H,(H2,27,28,29,30). The number of imide groups is 1. The number of nitrogens with one attached hydrogen (secondary N) is 2. The van der Waals surface area contributed by atoms with Crippen molar-refractivity contribution in [3.8, 4) is 5.75 Å². The molecular weight excluding hydrogens is 436 g/mol. The summed E-state index contributed by atoms with van der Waals surface area (Å²) in [7, 11) is 0. The number of carbonyl (C=O) groups excluding carboxylic acids is 2. The van der Waals surface area contributed by atoms with Crippen molar-refractivity contribution >= 4 is 23.7 Å². The summed E-state index contributed by atoms with van der Waals surface area (Å²) in [5.74, 6) is 0.734. The second-order valence-corrected chi connectivity index (χ2v) is 8.55. The largest absolute Gasteiger partial charge is 0.481 e. The summed E-state index contributed by atoms with van der Waals surface area (Å²) < 4.78 is 11.9. The van der Waals surface area contributed by atoms with Crippen molar-refractivity contribution in [3.05, 3.63) is 114 Å². The Kier molecular flexibility index (Phi) is 5.87. The molecule has 0 bridgehead atoms. The van der Waals surface area contributed by atoms with Crippen molar-refractivity contribution in [1.82, 2.24) is 10.6 Å². The van der Waals surface area contributed by atoms with Crippen LogP contribution in [-0.2, 0) is 4.79 Å². The number of rotatable bonds is 7. The van der Waals surface area contributed by atoms with E-state index >= 15 is 0 Å². The number of amides is 3. The Balaban J connectivity index is 1.33. The van der Waals surface area contributed by atoms with E-state index in [4.69, 9.17) is 9.15 Å². The SMILES string of the molecule is O=C1NC(=O)C(c2occc2Sc2ccc(OC(c3ccccc3)c3ccccc3)cc2)N1. The zero-order valence-corrected chi connectivity index (χ0v) is 18.3. The zero-order valence-electron chi connectivity index (χ0n) is 17.4. The smallest absolute Gasteiger partial charge is 0.322 e. The zero-order chi connectivity index (χ0) is 22.6. The predicted octanol–water partition coefficient (Wildman–Crippen LogP) is 5.48. The molecule has 1 atom stereocenters. The molecule has 1 aliphatic rings. The molecule has 3 aromatic carbocycles. The molecule has 1 fully saturated rings. The van der Waals surface area contributed by atoms with Gasteiger partial charge in [0.1, 0.15) is 17.6 Å². The van der Waals surface area contributed by atoms with Crippen molar-refractivity contribution < 1.29 is 18.7 Å². The van der Waals surface area contributed by atoms with Gasteiger partial charge in [-0.1, -0.05) is 72.4 Å². The number of furan rings is 1. The summed E-state index contributed by atoms with van der Waals surface area (Å²) in [5, 5.41) is 4.79. The van der Waals surface area contributed by atoms with Gasteiger partial charge in [-0.3, -0.25) is 10.1 Å². The maximum Gasteiger partial charge on any atom is 0.322 e. The average molecular weight is 457 g/mol. The lowest BCUT2D eigenvalue weighted by Crippen LogP contribution is -2.22. The molecule has 7 heteroatoms. The Morgan fingerprint density at radius 1 is 0.818 bits per heavy atom. The Labute approximate surface area is 195 Å². The number of ether oxygens (including phenoxy) is 1. The Morgan fingerprint density at radius 2 is 1.45 bits per heavy atom. The first-order chi connectivity index (χ1) is 16.2. The van der Waals surface area contributed by atoms with E-state index < -0.39 is 18.0 Å². The molecule has 0 spiro atoms. The maximum absolute atomic E-state index is 12.0. The molecule has 1 aromatic heterocycles. The van der Waals surface area contributed by atoms with E-state index in [0.29, 0.717) is 5.76 Å². The lowest BCUT2D eigenvalue weighted by Gasteiger charge is -2.20. The molecule has 3 amide bonds. The Hall–Kier alpha value is -3.97. The number of hydrogen-bond donors (Lipinski definition) is 2. The third kappa shape index (κ3) is 4.63. The second-order valence-electron chi connectivity index (χ2n) is 7.44. The molecule has 4 aromatic rings. The fraction of sp³-hybridized carbons (Fsp3) is 0.0769. The summed E-state index contributed by atoms with van der Waals surface area (Å²) >= 11 is 1.45. The van der Waals surface area contributed by atoms with Crippen LogP contribution in [0.3, 0.4) is 0 Å². The van der Waals surface area contributed by atoms with Crippen LogP contribution in [-0.4, -0.2) is 11.9 Å². The summed E-state index contributed by atoms with van der Waals surface area (Å²) in [5.41, 5.74) is 2.14. The van der Waals surface area contributed by atoms with Crippen molar-refractivity contribution in [3.63, 3.8) is 0 Å². The van der Waals surface area contributed by atoms with Crippen LogP contribution in [0.25, 0.3) is 0 Å². The molecule has 164 valence electrons. The molecule has 2 N–H and O–H groups in total. The summed E-state index contributed by atoms with van der Waals surface area (Å²) in [4.78, 5) is 25.2. The van der Waals surface area contributed by atoms with Gasteiger partial charge in [0.25, 0.3) is 5.91 Å². The summed E-state index contributed by atoms with van der Waals surface area (Å²) in [6.07, 6.45) is 1.29. The van der Waals surface area contributed by atoms with Gasteiger partial charge < -0.3 is 14.5 Å². The lowest BCUT2D eigenvalue weighted by molar-refractivity contribution is -0.120. The van der Waals surface area contributed by atoms with Crippen LogP contribution in [0.5, 0.6) is 5.75 Å². The first-order valence-corrected chi connectivity index (χ1v) is 11.2. The molecule has 0 aliphatic carbocycles. The molecule has 5 rings (SSSR count). The minimum Gasteiger partial charge on any atom is -0.481 e. The molecule has 1 saturated heterocycles. The van der Waals surface area contributed by atoms with Crippen LogP contribution in [0.15, 0.2) is 111 Å². The van der Waals surface area contributed by atoms with Crippen LogP contribution in [0.1, 0.15) is 29.0 Å². The highest BCUT2D eigenvalue weighted by Crippen LogP contribution is 2.36. The normalized spacial score (nSPS) is 15.4. The van der Waals surface area contributed by atoms with Crippen molar-refractivity contribution in [2.45, 2.75) is 21.9 Å². The first kappa shape index (κ1) is 20.9. The number of urea groups is 1. The van der Waals surface area contributed by atoms with Crippen LogP contribution in [0, 0.1) is 0 Å². The van der Waals surface area contributed by atoms with E-state index in [-0.39, 0.29) is 6.10 Å². The summed E-state index contributed by atoms with van der Waals surface area (Å²) in [6.45, 7) is 0. The molecule has 1 aliphatic heterocycles. The quantitative estimate of drug-likeness (QED) is 0.360. The Bertz CT molecular complexity index is 1220. The highest BCUT2D eigenvalue weighted by Gasteiger charge is 2.35. The van der Waals surface area contributed by atoms with E-state index in [1.807, 2.05) is 60.7 Å². The monoisotopic (exact) mass is 456 g/mol. The topological polar surface area (TPSA) is 80.6 Å². The molecule has 0 saturated carbocycles. The van der Waals surface area contributed by atoms with E-state index in [9.17, 15) is 9.59 Å². The van der Waals surface area contributed by atoms with E-state index in [0.717, 1.165) is 26.7 Å². The van der Waals surface area contributed by atoms with Gasteiger partial charge in [-0.25, -0.2) is 4.79 Å². The third-order valence-corrected chi connectivity index (χ3v) is 6.27. The van der Waals surface area contributed by atoms with Gasteiger partial charge in [0.05, 0.1) is 11.2 Å². The van der Waals surface area contributed by atoms with E-state index in [1.54, 1.807) is 6.07 Å². The van der Waals surface area contributed by atoms with Gasteiger partial charge in [-0.05, 0) is 41.5 Å². The van der Waals surface area contributed by atoms with Gasteiger partial charge in [0.15, 0.2) is 6.04 Å². The van der Waals surface area contributed by atoms with E-state index in [1.165, 1.54) is 18.0 Å². The number of carbonyl (C=O) groups is 2. The van der Waals surface area contributed by atoms with Crippen molar-refractivity contribution in [1.29, 1.82) is 0 Å². The Morgan fingerprint density at radius 3 is 2.03 bits per heavy atom. The van der Waals surface area contributed by atoms with Crippen LogP contribution < -0.4 is 15.4 Å². The third-order valence-electron chi connectivity index (χ3n) is 5.20. The average Bonchev–Trinajstić information content (AvgIpc) is 3.44. The second kappa shape index (κ2) is 9.26. The molecule has 0 radical (unpaired) electrons. The molecule has 2 heterocycles. The minimum atomic E-state index is -0.824. The maximum atomic E-state index is 12.0. The molecular formula is C26H20N2O4S. The number of hydrogen-bond acceptors (Lipinski definition) is 5. The van der Waals surface area contributed by atoms with Crippen LogP contribution >= 0.6 is 11.8 Å². The van der Waals surface area contributed by atoms with Crippen LogP contribution in [0.2, 0.25) is 0 Å². The van der Waals surface area contributed by atoms with Gasteiger partial charge in [0, 0.05) is 4.90 Å². The predicted molar refractivity (Wildman–Crippen MR) is 124 cm³/mol. The fourth-order valence-corrected chi connectivity index (χ4v) is 4.56. The van der Waals surface area contributed by atoms with Crippen LogP contribution in [0.4, 0.5) is 4.79 Å². The summed E-state index contributed by atoms with van der Waals surface area (Å²) in [6, 6.07) is 28.4. The van der Waals surface area contributed by atoms with Gasteiger partial charge in [0.2, 0.25) is 0 Å². The van der Waals surface area contributed by atoms with E-state index in [2.05, 4.69) is 34.9 Å². The fourth-order valence-electron chi connectivity index (χ4n) is 3.64. The molecule has 6 nitrogen and oxygen atoms in total. The highest BCUT2D eigenvalue weighted by molar-refractivity contribution is 7.99. The first-order valence-electron chi connectivity index (χ1n) is 10.4. The lowest BCUT2D eigenvalue weighted by atomic mass is 10.0. The van der Waals surface area contributed by atoms with Gasteiger partial charge in [-0.2, -0.15) is 0 Å². The number of benzene rings is 3. The highest BCUT2D eigenvalue weighted by atomic mass is 32.2.